The number of benzene rings is 1. The SMILES string of the molecule is CCN(CC)C(C)(C)C(NN)c1c(F)ccc(Br)c1F. The van der Waals surface area contributed by atoms with Crippen molar-refractivity contribution in [2.24, 2.45) is 5.84 Å². The molecule has 20 heavy (non-hydrogen) atoms. The van der Waals surface area contributed by atoms with Crippen LogP contribution >= 0.6 is 15.9 Å². The summed E-state index contributed by atoms with van der Waals surface area (Å²) in [6.07, 6.45) is 0. The van der Waals surface area contributed by atoms with Gasteiger partial charge in [0.25, 0.3) is 0 Å². The Bertz CT molecular complexity index is 462. The van der Waals surface area contributed by atoms with Crippen molar-refractivity contribution in [2.45, 2.75) is 39.3 Å². The maximum Gasteiger partial charge on any atom is 0.145 e. The van der Waals surface area contributed by atoms with Gasteiger partial charge in [0.15, 0.2) is 0 Å². The Labute approximate surface area is 127 Å². The zero-order valence-electron chi connectivity index (χ0n) is 12.3. The van der Waals surface area contributed by atoms with E-state index in [2.05, 4.69) is 26.3 Å². The molecule has 0 aliphatic heterocycles. The van der Waals surface area contributed by atoms with Crippen molar-refractivity contribution in [2.75, 3.05) is 13.1 Å². The molecular weight excluding hydrogens is 328 g/mol. The molecule has 0 aliphatic carbocycles. The number of nitrogens with zero attached hydrogens (tertiary/aromatic N) is 1. The Morgan fingerprint density at radius 3 is 2.30 bits per heavy atom. The minimum absolute atomic E-state index is 0.0428. The molecule has 0 heterocycles. The largest absolute Gasteiger partial charge is 0.297 e. The minimum Gasteiger partial charge on any atom is -0.297 e. The lowest BCUT2D eigenvalue weighted by Gasteiger charge is -2.43. The maximum atomic E-state index is 14.3. The highest BCUT2D eigenvalue weighted by Gasteiger charge is 2.38. The smallest absolute Gasteiger partial charge is 0.145 e. The lowest BCUT2D eigenvalue weighted by Crippen LogP contribution is -2.54. The Morgan fingerprint density at radius 1 is 1.30 bits per heavy atom. The van der Waals surface area contributed by atoms with Crippen LogP contribution in [0.25, 0.3) is 0 Å². The third-order valence-corrected chi connectivity index (χ3v) is 4.43. The summed E-state index contributed by atoms with van der Waals surface area (Å²) in [6.45, 7) is 9.38. The van der Waals surface area contributed by atoms with Crippen LogP contribution in [0.2, 0.25) is 0 Å². The van der Waals surface area contributed by atoms with E-state index in [1.165, 1.54) is 12.1 Å². The van der Waals surface area contributed by atoms with Crippen molar-refractivity contribution in [1.29, 1.82) is 0 Å². The molecule has 1 unspecified atom stereocenters. The van der Waals surface area contributed by atoms with Crippen LogP contribution in [0.5, 0.6) is 0 Å². The summed E-state index contributed by atoms with van der Waals surface area (Å²) >= 11 is 3.09. The van der Waals surface area contributed by atoms with Crippen LogP contribution in [0.3, 0.4) is 0 Å². The third kappa shape index (κ3) is 3.19. The van der Waals surface area contributed by atoms with E-state index in [-0.39, 0.29) is 10.0 Å². The Morgan fingerprint density at radius 2 is 1.85 bits per heavy atom. The van der Waals surface area contributed by atoms with Gasteiger partial charge in [-0.1, -0.05) is 13.8 Å². The van der Waals surface area contributed by atoms with Gasteiger partial charge in [-0.2, -0.15) is 0 Å². The fourth-order valence-electron chi connectivity index (χ4n) is 2.67. The fraction of sp³-hybridized carbons (Fsp3) is 0.571. The first kappa shape index (κ1) is 17.5. The van der Waals surface area contributed by atoms with Crippen LogP contribution < -0.4 is 11.3 Å². The molecule has 114 valence electrons. The van der Waals surface area contributed by atoms with Gasteiger partial charge in [0.2, 0.25) is 0 Å². The number of likely N-dealkylation sites (N-methyl/N-ethyl adjacent to an activating group) is 1. The van der Waals surface area contributed by atoms with E-state index in [0.717, 1.165) is 13.1 Å². The van der Waals surface area contributed by atoms with Crippen molar-refractivity contribution in [3.8, 4) is 0 Å². The second-order valence-electron chi connectivity index (χ2n) is 5.18. The van der Waals surface area contributed by atoms with Gasteiger partial charge in [-0.15, -0.1) is 0 Å². The van der Waals surface area contributed by atoms with E-state index in [4.69, 9.17) is 5.84 Å². The van der Waals surface area contributed by atoms with Crippen LogP contribution in [-0.2, 0) is 0 Å². The first-order valence-electron chi connectivity index (χ1n) is 6.65. The molecule has 0 fully saturated rings. The highest BCUT2D eigenvalue weighted by Crippen LogP contribution is 2.35. The highest BCUT2D eigenvalue weighted by molar-refractivity contribution is 9.10. The highest BCUT2D eigenvalue weighted by atomic mass is 79.9. The Hall–Kier alpha value is -0.560. The zero-order chi connectivity index (χ0) is 15.5. The molecule has 0 bridgehead atoms. The average molecular weight is 350 g/mol. The van der Waals surface area contributed by atoms with Crippen molar-refractivity contribution in [1.82, 2.24) is 10.3 Å². The van der Waals surface area contributed by atoms with E-state index in [1.807, 2.05) is 27.7 Å². The summed E-state index contributed by atoms with van der Waals surface area (Å²) in [5, 5.41) is 0. The van der Waals surface area contributed by atoms with Crippen LogP contribution in [0.4, 0.5) is 8.78 Å². The first-order chi connectivity index (χ1) is 9.31. The predicted octanol–water partition coefficient (Wildman–Crippen LogP) is 3.35. The van der Waals surface area contributed by atoms with Gasteiger partial charge in [-0.25, -0.2) is 8.78 Å². The molecule has 0 saturated heterocycles. The van der Waals surface area contributed by atoms with E-state index in [9.17, 15) is 8.78 Å². The first-order valence-corrected chi connectivity index (χ1v) is 7.45. The summed E-state index contributed by atoms with van der Waals surface area (Å²) in [6, 6.07) is 1.93. The van der Waals surface area contributed by atoms with E-state index < -0.39 is 23.2 Å². The van der Waals surface area contributed by atoms with E-state index >= 15 is 0 Å². The number of nitrogens with two attached hydrogens (primary N) is 1. The molecule has 0 radical (unpaired) electrons. The van der Waals surface area contributed by atoms with Gasteiger partial charge in [0, 0.05) is 11.1 Å². The quantitative estimate of drug-likeness (QED) is 0.470. The van der Waals surface area contributed by atoms with Crippen molar-refractivity contribution in [3.63, 3.8) is 0 Å². The van der Waals surface area contributed by atoms with Gasteiger partial charge in [0.05, 0.1) is 10.5 Å². The topological polar surface area (TPSA) is 41.3 Å². The minimum atomic E-state index is -0.667. The molecule has 1 aromatic rings. The van der Waals surface area contributed by atoms with Gasteiger partial charge in [0.1, 0.15) is 11.6 Å². The number of hydrazine groups is 1. The van der Waals surface area contributed by atoms with Crippen LogP contribution in [0.1, 0.15) is 39.3 Å². The molecule has 1 rings (SSSR count). The molecule has 1 atom stereocenters. The number of hydrogen-bond acceptors (Lipinski definition) is 3. The normalized spacial score (nSPS) is 13.8. The standard InChI is InChI=1S/C14H22BrF2N3/c1-5-20(6-2)14(3,4)13(19-18)11-10(16)8-7-9(15)12(11)17/h7-8,13,19H,5-6,18H2,1-4H3. The summed E-state index contributed by atoms with van der Waals surface area (Å²) < 4.78 is 28.6. The second kappa shape index (κ2) is 6.93. The van der Waals surface area contributed by atoms with Gasteiger partial charge in [-0.05, 0) is 55.0 Å². The second-order valence-corrected chi connectivity index (χ2v) is 6.04. The van der Waals surface area contributed by atoms with Crippen LogP contribution in [0, 0.1) is 11.6 Å². The van der Waals surface area contributed by atoms with Gasteiger partial charge >= 0.3 is 0 Å². The molecule has 0 saturated carbocycles. The summed E-state index contributed by atoms with van der Waals surface area (Å²) in [4.78, 5) is 2.11. The molecular formula is C14H22BrF2N3. The zero-order valence-corrected chi connectivity index (χ0v) is 13.9. The lowest BCUT2D eigenvalue weighted by atomic mass is 9.86. The lowest BCUT2D eigenvalue weighted by molar-refractivity contribution is 0.0880. The molecule has 3 N–H and O–H groups in total. The molecule has 0 amide bonds. The Balaban J connectivity index is 3.36. The van der Waals surface area contributed by atoms with Crippen molar-refractivity contribution in [3.05, 3.63) is 33.8 Å². The number of halogens is 3. The molecule has 3 nitrogen and oxygen atoms in total. The van der Waals surface area contributed by atoms with Crippen molar-refractivity contribution >= 4 is 15.9 Å². The molecule has 0 aliphatic rings. The predicted molar refractivity (Wildman–Crippen MR) is 81.1 cm³/mol. The van der Waals surface area contributed by atoms with Crippen LogP contribution in [-0.4, -0.2) is 23.5 Å². The Kier molecular flexibility index (Phi) is 6.06. The van der Waals surface area contributed by atoms with Gasteiger partial charge < -0.3 is 0 Å². The van der Waals surface area contributed by atoms with E-state index in [1.54, 1.807) is 0 Å². The maximum absolute atomic E-state index is 14.3. The monoisotopic (exact) mass is 349 g/mol. The average Bonchev–Trinajstić information content (AvgIpc) is 2.40. The number of rotatable bonds is 6. The fourth-order valence-corrected chi connectivity index (χ4v) is 3.01. The third-order valence-electron chi connectivity index (χ3n) is 3.82. The summed E-state index contributed by atoms with van der Waals surface area (Å²) in [5.41, 5.74) is 1.99. The van der Waals surface area contributed by atoms with Crippen molar-refractivity contribution < 1.29 is 8.78 Å². The van der Waals surface area contributed by atoms with E-state index in [0.29, 0.717) is 0 Å². The summed E-state index contributed by atoms with van der Waals surface area (Å²) in [7, 11) is 0. The molecule has 6 heteroatoms. The molecule has 0 aromatic heterocycles. The molecule has 1 aromatic carbocycles. The van der Waals surface area contributed by atoms with Gasteiger partial charge in [-0.3, -0.25) is 16.2 Å². The summed E-state index contributed by atoms with van der Waals surface area (Å²) in [5.74, 6) is 4.38. The number of nitrogens with one attached hydrogen (secondary N) is 1. The molecule has 0 spiro atoms. The number of hydrogen-bond donors (Lipinski definition) is 2. The van der Waals surface area contributed by atoms with Crippen LogP contribution in [0.15, 0.2) is 16.6 Å².